The number of anilines is 1. The lowest BCUT2D eigenvalue weighted by molar-refractivity contribution is -0.249. The zero-order valence-electron chi connectivity index (χ0n) is 48.8. The highest BCUT2D eigenvalue weighted by molar-refractivity contribution is 6.31. The lowest BCUT2D eigenvalue weighted by Crippen LogP contribution is -2.56. The van der Waals surface area contributed by atoms with Crippen LogP contribution in [0.5, 0.6) is 17.2 Å². The molecule has 4 aliphatic carbocycles. The molecule has 0 bridgehead atoms. The molecule has 0 saturated carbocycles. The molecule has 0 aromatic heterocycles. The number of Topliss-reactive ketones (excluding diaryl/α,β-unsaturated/α-hetero) is 1. The molecule has 6 unspecified atom stereocenters. The van der Waals surface area contributed by atoms with Gasteiger partial charge in [0.15, 0.2) is 17.9 Å². The Morgan fingerprint density at radius 3 is 1.83 bits per heavy atom. The normalized spacial score (nSPS) is 20.6. The van der Waals surface area contributed by atoms with Gasteiger partial charge in [0.25, 0.3) is 0 Å². The maximum atomic E-state index is 14.1. The number of phenols is 2. The third-order valence-electron chi connectivity index (χ3n) is 17.6. The highest BCUT2D eigenvalue weighted by Crippen LogP contribution is 2.53. The molecule has 8 N–H and O–H groups in total. The van der Waals surface area contributed by atoms with E-state index in [9.17, 15) is 59.1 Å². The minimum absolute atomic E-state index is 0.00366. The smallest absolute Gasteiger partial charge is 0.407 e. The average Bonchev–Trinajstić information content (AvgIpc) is 0.989. The molecular weight excluding hydrogens is 1160 g/mol. The Kier molecular flexibility index (Phi) is 16.8. The predicted octanol–water partition coefficient (Wildman–Crippen LogP) is 7.95. The van der Waals surface area contributed by atoms with E-state index in [-0.39, 0.29) is 78.9 Å². The van der Waals surface area contributed by atoms with Crippen LogP contribution in [-0.4, -0.2) is 130 Å². The van der Waals surface area contributed by atoms with Crippen LogP contribution in [0.15, 0.2) is 140 Å². The molecule has 7 aromatic carbocycles. The van der Waals surface area contributed by atoms with Crippen molar-refractivity contribution in [1.82, 2.24) is 10.6 Å². The molecule has 1 saturated heterocycles. The number of ketones is 3. The SMILES string of the molecule is COc1cccc2c1C(=O)c1c(O)c3c(c(O)c1C2=O)C[C@@](O)(C(=O)CO)CC3OC1CC(NC(=O)OCc2ccc(NC(=O)CCC(NC(=O)OCC3c4ccccc4-c4ccccc43)C(=O)OCC3c4ccccc4-c4ccccc43)cc2)C(O)C(C)O1. The molecule has 0 radical (unpaired) electrons. The van der Waals surface area contributed by atoms with Gasteiger partial charge >= 0.3 is 18.2 Å². The number of phenolic OH excluding ortho intramolecular Hbond substituents is 2. The van der Waals surface area contributed by atoms with Crippen molar-refractivity contribution in [3.05, 3.63) is 201 Å². The summed E-state index contributed by atoms with van der Waals surface area (Å²) >= 11 is 0. The fraction of sp³-hybridized carbons (Fsp3) is 0.290. The zero-order chi connectivity index (χ0) is 63.1. The fourth-order valence-corrected chi connectivity index (χ4v) is 13.1. The van der Waals surface area contributed by atoms with Crippen molar-refractivity contribution in [2.45, 2.75) is 99.8 Å². The molecule has 1 heterocycles. The number of hydrogen-bond donors (Lipinski definition) is 8. The van der Waals surface area contributed by atoms with Crippen LogP contribution >= 0.6 is 0 Å². The number of fused-ring (bicyclic) bond motifs is 9. The first kappa shape index (κ1) is 60.5. The van der Waals surface area contributed by atoms with Crippen LogP contribution in [-0.2, 0) is 51.1 Å². The van der Waals surface area contributed by atoms with E-state index in [1.807, 2.05) is 97.1 Å². The van der Waals surface area contributed by atoms with Gasteiger partial charge in [-0.3, -0.25) is 19.2 Å². The molecule has 5 aliphatic rings. The number of rotatable bonds is 18. The standard InChI is InChI=1S/C69H63N3O18/c1-35-61(76)51(28-56(89-35)90-53-30-69(84,54(74)31-73)29-47-58(53)65(80)60-59(63(47)78)62(77)46-20-11-21-52(85-2)57(46)64(60)79)72-68(83)87-32-36-22-24-37(25-23-36)70-55(75)27-26-50(66(81)86-33-48-42-16-7-3-12-38(42)39-13-4-8-17-43(39)48)71-67(82)88-34-49-44-18-9-5-14-40(44)41-15-6-10-19-45(41)49/h3-25,35,48-51,53,56,61,73,76,78,80,84H,26-34H2,1-2H3,(H,70,75)(H,71,82)(H,72,83)/t35?,50?,51?,53?,56?,61?,69-/m0/s1. The van der Waals surface area contributed by atoms with Crippen molar-refractivity contribution >= 4 is 47.1 Å². The third kappa shape index (κ3) is 11.4. The number of nitrogens with one attached hydrogen (secondary N) is 3. The first-order chi connectivity index (χ1) is 43.4. The summed E-state index contributed by atoms with van der Waals surface area (Å²) in [6.07, 6.45) is -9.00. The average molecular weight is 1220 g/mol. The Labute approximate surface area is 515 Å². The molecule has 7 atom stereocenters. The van der Waals surface area contributed by atoms with Gasteiger partial charge in [-0.2, -0.15) is 0 Å². The number of carbonyl (C=O) groups is 7. The van der Waals surface area contributed by atoms with Crippen LogP contribution in [0.2, 0.25) is 0 Å². The Hall–Kier alpha value is -9.77. The Morgan fingerprint density at radius 1 is 0.678 bits per heavy atom. The number of methoxy groups -OCH3 is 1. The number of carbonyl (C=O) groups excluding carboxylic acids is 7. The maximum absolute atomic E-state index is 14.1. The lowest BCUT2D eigenvalue weighted by atomic mass is 9.72. The number of aromatic hydroxyl groups is 2. The second-order valence-electron chi connectivity index (χ2n) is 23.0. The Balaban J connectivity index is 0.672. The highest BCUT2D eigenvalue weighted by Gasteiger charge is 2.51. The van der Waals surface area contributed by atoms with Gasteiger partial charge in [0.1, 0.15) is 61.4 Å². The van der Waals surface area contributed by atoms with Crippen LogP contribution in [0.4, 0.5) is 15.3 Å². The summed E-state index contributed by atoms with van der Waals surface area (Å²) in [6.45, 7) is 0.0844. The number of ether oxygens (including phenoxy) is 6. The molecule has 3 amide bonds. The largest absolute Gasteiger partial charge is 0.507 e. The number of aliphatic hydroxyl groups is 3. The first-order valence-corrected chi connectivity index (χ1v) is 29.5. The van der Waals surface area contributed by atoms with Crippen LogP contribution in [0, 0.1) is 0 Å². The van der Waals surface area contributed by atoms with E-state index in [0.29, 0.717) is 11.3 Å². The Bertz CT molecular complexity index is 3940. The quantitative estimate of drug-likeness (QED) is 0.0229. The van der Waals surface area contributed by atoms with E-state index in [4.69, 9.17) is 28.4 Å². The van der Waals surface area contributed by atoms with Gasteiger partial charge in [-0.15, -0.1) is 0 Å². The number of benzene rings is 7. The summed E-state index contributed by atoms with van der Waals surface area (Å²) < 4.78 is 34.9. The molecule has 7 aromatic rings. The van der Waals surface area contributed by atoms with Crippen molar-refractivity contribution in [3.8, 4) is 39.5 Å². The summed E-state index contributed by atoms with van der Waals surface area (Å²) in [5.74, 6) is -6.02. The van der Waals surface area contributed by atoms with Gasteiger partial charge in [-0.05, 0) is 81.6 Å². The van der Waals surface area contributed by atoms with Crippen LogP contribution in [0.1, 0.15) is 121 Å². The van der Waals surface area contributed by atoms with E-state index < -0.39 is 126 Å². The topological polar surface area (TPSA) is 312 Å². The number of aliphatic hydroxyl groups excluding tert-OH is 2. The number of esters is 1. The number of hydrogen-bond acceptors (Lipinski definition) is 18. The fourth-order valence-electron chi connectivity index (χ4n) is 13.1. The van der Waals surface area contributed by atoms with Crippen molar-refractivity contribution in [1.29, 1.82) is 0 Å². The molecule has 90 heavy (non-hydrogen) atoms. The van der Waals surface area contributed by atoms with Gasteiger partial charge in [0, 0.05) is 59.9 Å². The molecule has 0 spiro atoms. The van der Waals surface area contributed by atoms with Gasteiger partial charge in [0.2, 0.25) is 11.7 Å². The third-order valence-corrected chi connectivity index (χ3v) is 17.6. The molecule has 1 aliphatic heterocycles. The lowest BCUT2D eigenvalue weighted by Gasteiger charge is -2.42. The van der Waals surface area contributed by atoms with E-state index in [1.54, 1.807) is 24.3 Å². The second-order valence-corrected chi connectivity index (χ2v) is 23.0. The molecule has 1 fully saturated rings. The summed E-state index contributed by atoms with van der Waals surface area (Å²) in [4.78, 5) is 95.8. The summed E-state index contributed by atoms with van der Waals surface area (Å²) in [5, 5.41) is 64.6. The van der Waals surface area contributed by atoms with Crippen LogP contribution in [0.3, 0.4) is 0 Å². The minimum Gasteiger partial charge on any atom is -0.507 e. The summed E-state index contributed by atoms with van der Waals surface area (Å²) in [7, 11) is 1.29. The zero-order valence-corrected chi connectivity index (χ0v) is 48.8. The highest BCUT2D eigenvalue weighted by atomic mass is 16.7. The molecule has 21 nitrogen and oxygen atoms in total. The van der Waals surface area contributed by atoms with E-state index in [0.717, 1.165) is 44.5 Å². The van der Waals surface area contributed by atoms with Crippen molar-refractivity contribution in [2.75, 3.05) is 32.2 Å². The maximum Gasteiger partial charge on any atom is 0.407 e. The van der Waals surface area contributed by atoms with Crippen molar-refractivity contribution in [2.24, 2.45) is 0 Å². The number of amides is 3. The van der Waals surface area contributed by atoms with E-state index in [1.165, 1.54) is 32.2 Å². The second kappa shape index (κ2) is 25.0. The van der Waals surface area contributed by atoms with Gasteiger partial charge in [0.05, 0.1) is 42.0 Å². The summed E-state index contributed by atoms with van der Waals surface area (Å²) in [5.41, 5.74) is 4.74. The van der Waals surface area contributed by atoms with Crippen molar-refractivity contribution in [3.63, 3.8) is 0 Å². The van der Waals surface area contributed by atoms with Crippen LogP contribution in [0.25, 0.3) is 22.3 Å². The van der Waals surface area contributed by atoms with Gasteiger partial charge in [-0.25, -0.2) is 14.4 Å². The summed E-state index contributed by atoms with van der Waals surface area (Å²) in [6, 6.07) is 39.9. The molecule has 12 rings (SSSR count). The number of alkyl carbamates (subject to hydrolysis) is 2. The van der Waals surface area contributed by atoms with Gasteiger partial charge in [-0.1, -0.05) is 121 Å². The monoisotopic (exact) mass is 1220 g/mol. The van der Waals surface area contributed by atoms with E-state index in [2.05, 4.69) is 16.0 Å². The first-order valence-electron chi connectivity index (χ1n) is 29.5. The Morgan fingerprint density at radius 2 is 1.24 bits per heavy atom. The van der Waals surface area contributed by atoms with E-state index >= 15 is 0 Å². The van der Waals surface area contributed by atoms with Crippen LogP contribution < -0.4 is 20.7 Å². The molecular formula is C69H63N3O18. The van der Waals surface area contributed by atoms with Crippen molar-refractivity contribution < 1.29 is 87.5 Å². The predicted molar refractivity (Wildman–Crippen MR) is 322 cm³/mol. The minimum atomic E-state index is -2.41. The van der Waals surface area contributed by atoms with Gasteiger partial charge < -0.3 is 69.9 Å². The molecule has 462 valence electrons. The molecule has 21 heteroatoms.